The Labute approximate surface area is 137 Å². The van der Waals surface area contributed by atoms with Crippen LogP contribution in [-0.4, -0.2) is 56.3 Å². The molecule has 2 heterocycles. The molecule has 0 saturated carbocycles. The fraction of sp³-hybridized carbons (Fsp3) is 0.647. The van der Waals surface area contributed by atoms with Gasteiger partial charge >= 0.3 is 0 Å². The van der Waals surface area contributed by atoms with Gasteiger partial charge in [-0.1, -0.05) is 0 Å². The second-order valence-corrected chi connectivity index (χ2v) is 7.17. The number of hydrogen-bond donors (Lipinski definition) is 1. The minimum atomic E-state index is 0.728. The molecule has 1 fully saturated rings. The Bertz CT molecular complexity index is 504. The summed E-state index contributed by atoms with van der Waals surface area (Å²) < 4.78 is 10.8. The molecule has 0 amide bonds. The maximum atomic E-state index is 5.43. The number of nitrogens with zero attached hydrogens (tertiary/aromatic N) is 1. The van der Waals surface area contributed by atoms with Crippen LogP contribution in [0.15, 0.2) is 12.1 Å². The number of rotatable bonds is 6. The number of methoxy groups -OCH3 is 2. The van der Waals surface area contributed by atoms with Crippen LogP contribution in [0, 0.1) is 0 Å². The molecular formula is C17H26N2O2S. The van der Waals surface area contributed by atoms with Gasteiger partial charge in [0, 0.05) is 38.0 Å². The average molecular weight is 322 g/mol. The van der Waals surface area contributed by atoms with Gasteiger partial charge in [-0.15, -0.1) is 0 Å². The summed E-state index contributed by atoms with van der Waals surface area (Å²) in [5.41, 5.74) is 2.77. The van der Waals surface area contributed by atoms with Crippen LogP contribution < -0.4 is 14.8 Å². The molecule has 2 aliphatic heterocycles. The number of fused-ring (bicyclic) bond motifs is 1. The molecule has 5 heteroatoms. The number of thioether (sulfide) groups is 1. The summed E-state index contributed by atoms with van der Waals surface area (Å²) in [6.07, 6.45) is 2.42. The van der Waals surface area contributed by atoms with E-state index in [0.717, 1.165) is 50.1 Å². The lowest BCUT2D eigenvalue weighted by Crippen LogP contribution is -2.39. The minimum absolute atomic E-state index is 0.728. The molecule has 122 valence electrons. The third kappa shape index (κ3) is 3.70. The molecule has 1 N–H and O–H groups in total. The molecule has 1 saturated heterocycles. The molecule has 0 aliphatic carbocycles. The highest BCUT2D eigenvalue weighted by molar-refractivity contribution is 7.99. The second-order valence-electron chi connectivity index (χ2n) is 6.02. The van der Waals surface area contributed by atoms with Crippen molar-refractivity contribution >= 4 is 11.8 Å². The van der Waals surface area contributed by atoms with E-state index in [1.165, 1.54) is 29.1 Å². The maximum absolute atomic E-state index is 5.43. The molecule has 22 heavy (non-hydrogen) atoms. The van der Waals surface area contributed by atoms with E-state index < -0.39 is 0 Å². The van der Waals surface area contributed by atoms with Gasteiger partial charge in [0.15, 0.2) is 11.5 Å². The molecule has 0 radical (unpaired) electrons. The van der Waals surface area contributed by atoms with Crippen molar-refractivity contribution in [2.45, 2.75) is 25.4 Å². The average Bonchev–Trinajstić information content (AvgIpc) is 3.06. The molecular weight excluding hydrogens is 296 g/mol. The highest BCUT2D eigenvalue weighted by Crippen LogP contribution is 2.33. The van der Waals surface area contributed by atoms with Crippen LogP contribution in [0.1, 0.15) is 17.5 Å². The SMILES string of the molecule is COc1cc2c(cc1OC)CN(CCNC1CCSC1)CC2. The molecule has 1 aromatic rings. The van der Waals surface area contributed by atoms with Gasteiger partial charge in [-0.25, -0.2) is 0 Å². The van der Waals surface area contributed by atoms with E-state index in [9.17, 15) is 0 Å². The van der Waals surface area contributed by atoms with Gasteiger partial charge in [0.1, 0.15) is 0 Å². The second kappa shape index (κ2) is 7.57. The summed E-state index contributed by atoms with van der Waals surface area (Å²) in [4.78, 5) is 2.53. The molecule has 0 spiro atoms. The Balaban J connectivity index is 1.56. The summed E-state index contributed by atoms with van der Waals surface area (Å²) >= 11 is 2.06. The van der Waals surface area contributed by atoms with Crippen molar-refractivity contribution < 1.29 is 9.47 Å². The fourth-order valence-corrected chi connectivity index (χ4v) is 4.44. The molecule has 0 aromatic heterocycles. The molecule has 2 aliphatic rings. The third-order valence-corrected chi connectivity index (χ3v) is 5.75. The number of ether oxygens (including phenoxy) is 2. The Hall–Kier alpha value is -0.910. The van der Waals surface area contributed by atoms with Crippen molar-refractivity contribution in [3.05, 3.63) is 23.3 Å². The Kier molecular flexibility index (Phi) is 5.50. The van der Waals surface area contributed by atoms with E-state index in [1.54, 1.807) is 14.2 Å². The molecule has 3 rings (SSSR count). The van der Waals surface area contributed by atoms with Crippen molar-refractivity contribution in [3.8, 4) is 11.5 Å². The first-order chi connectivity index (χ1) is 10.8. The minimum Gasteiger partial charge on any atom is -0.493 e. The van der Waals surface area contributed by atoms with E-state index in [0.29, 0.717) is 0 Å². The number of nitrogens with one attached hydrogen (secondary N) is 1. The Morgan fingerprint density at radius 3 is 2.68 bits per heavy atom. The Morgan fingerprint density at radius 1 is 1.23 bits per heavy atom. The van der Waals surface area contributed by atoms with Crippen molar-refractivity contribution in [3.63, 3.8) is 0 Å². The van der Waals surface area contributed by atoms with Crippen LogP contribution in [-0.2, 0) is 13.0 Å². The van der Waals surface area contributed by atoms with E-state index in [1.807, 2.05) is 0 Å². The van der Waals surface area contributed by atoms with Crippen LogP contribution in [0.5, 0.6) is 11.5 Å². The topological polar surface area (TPSA) is 33.7 Å². The zero-order valence-corrected chi connectivity index (χ0v) is 14.4. The van der Waals surface area contributed by atoms with Crippen LogP contribution >= 0.6 is 11.8 Å². The summed E-state index contributed by atoms with van der Waals surface area (Å²) in [6.45, 7) is 4.35. The van der Waals surface area contributed by atoms with Crippen LogP contribution in [0.3, 0.4) is 0 Å². The predicted octanol–water partition coefficient (Wildman–Crippen LogP) is 2.16. The van der Waals surface area contributed by atoms with Crippen LogP contribution in [0.2, 0.25) is 0 Å². The summed E-state index contributed by atoms with van der Waals surface area (Å²) in [7, 11) is 3.40. The smallest absolute Gasteiger partial charge is 0.161 e. The zero-order chi connectivity index (χ0) is 15.4. The quantitative estimate of drug-likeness (QED) is 0.868. The Morgan fingerprint density at radius 2 is 2.00 bits per heavy atom. The first-order valence-electron chi connectivity index (χ1n) is 8.07. The normalized spacial score (nSPS) is 21.6. The molecule has 1 aromatic carbocycles. The van der Waals surface area contributed by atoms with Gasteiger partial charge in [0.2, 0.25) is 0 Å². The first kappa shape index (κ1) is 16.0. The zero-order valence-electron chi connectivity index (χ0n) is 13.6. The lowest BCUT2D eigenvalue weighted by atomic mass is 9.99. The standard InChI is InChI=1S/C17H26N2O2S/c1-20-16-9-13-3-6-19(11-14(13)10-17(16)21-2)7-5-18-15-4-8-22-12-15/h9-10,15,18H,3-8,11-12H2,1-2H3. The van der Waals surface area contributed by atoms with E-state index in [4.69, 9.17) is 9.47 Å². The largest absolute Gasteiger partial charge is 0.493 e. The van der Waals surface area contributed by atoms with Crippen molar-refractivity contribution in [2.24, 2.45) is 0 Å². The van der Waals surface area contributed by atoms with Gasteiger partial charge in [0.25, 0.3) is 0 Å². The monoisotopic (exact) mass is 322 g/mol. The summed E-state index contributed by atoms with van der Waals surface area (Å²) in [5.74, 6) is 4.27. The van der Waals surface area contributed by atoms with E-state index in [-0.39, 0.29) is 0 Å². The van der Waals surface area contributed by atoms with Gasteiger partial charge in [0.05, 0.1) is 14.2 Å². The molecule has 1 atom stereocenters. The highest BCUT2D eigenvalue weighted by atomic mass is 32.2. The van der Waals surface area contributed by atoms with Crippen LogP contribution in [0.25, 0.3) is 0 Å². The van der Waals surface area contributed by atoms with Crippen LogP contribution in [0.4, 0.5) is 0 Å². The number of hydrogen-bond acceptors (Lipinski definition) is 5. The van der Waals surface area contributed by atoms with Crippen molar-refractivity contribution in [1.29, 1.82) is 0 Å². The highest BCUT2D eigenvalue weighted by Gasteiger charge is 2.20. The lowest BCUT2D eigenvalue weighted by molar-refractivity contribution is 0.249. The molecule has 0 bridgehead atoms. The predicted molar refractivity (Wildman–Crippen MR) is 92.3 cm³/mol. The van der Waals surface area contributed by atoms with E-state index in [2.05, 4.69) is 34.1 Å². The van der Waals surface area contributed by atoms with Gasteiger partial charge < -0.3 is 14.8 Å². The summed E-state index contributed by atoms with van der Waals surface area (Å²) in [5, 5.41) is 3.69. The maximum Gasteiger partial charge on any atom is 0.161 e. The molecule has 1 unspecified atom stereocenters. The van der Waals surface area contributed by atoms with E-state index >= 15 is 0 Å². The van der Waals surface area contributed by atoms with Gasteiger partial charge in [-0.3, -0.25) is 4.90 Å². The van der Waals surface area contributed by atoms with Gasteiger partial charge in [-0.2, -0.15) is 11.8 Å². The third-order valence-electron chi connectivity index (χ3n) is 4.59. The van der Waals surface area contributed by atoms with Crippen molar-refractivity contribution in [1.82, 2.24) is 10.2 Å². The molecule has 4 nitrogen and oxygen atoms in total. The van der Waals surface area contributed by atoms with Crippen molar-refractivity contribution in [2.75, 3.05) is 45.4 Å². The fourth-order valence-electron chi connectivity index (χ4n) is 3.25. The lowest BCUT2D eigenvalue weighted by Gasteiger charge is -2.30. The first-order valence-corrected chi connectivity index (χ1v) is 9.23. The van der Waals surface area contributed by atoms with Gasteiger partial charge in [-0.05, 0) is 41.9 Å². The number of benzene rings is 1. The summed E-state index contributed by atoms with van der Waals surface area (Å²) in [6, 6.07) is 5.01.